The molecule has 1 aromatic rings. The quantitative estimate of drug-likeness (QED) is 0.235. The maximum absolute atomic E-state index is 13.7. The molecule has 1 aromatic carbocycles. The zero-order valence-electron chi connectivity index (χ0n) is 22.0. The fourth-order valence-corrected chi connectivity index (χ4v) is 6.00. The van der Waals surface area contributed by atoms with Gasteiger partial charge in [-0.15, -0.1) is 11.8 Å². The summed E-state index contributed by atoms with van der Waals surface area (Å²) in [6.45, 7) is 6.86. The smallest absolute Gasteiger partial charge is 0.329 e. The number of hydrogen-bond donors (Lipinski definition) is 2. The number of esters is 4. The Bertz CT molecular complexity index is 1080. The average molecular weight is 556 g/mol. The summed E-state index contributed by atoms with van der Waals surface area (Å²) < 4.78 is 33.7. The van der Waals surface area contributed by atoms with Crippen LogP contribution in [0.3, 0.4) is 0 Å². The number of rotatable bonds is 11. The van der Waals surface area contributed by atoms with E-state index in [0.717, 1.165) is 0 Å². The predicted molar refractivity (Wildman–Crippen MR) is 133 cm³/mol. The minimum Gasteiger partial charge on any atom is -0.428 e. The molecule has 10 nitrogen and oxygen atoms in total. The molecule has 0 saturated heterocycles. The molecule has 38 heavy (non-hydrogen) atoms. The molecule has 12 heteroatoms. The summed E-state index contributed by atoms with van der Waals surface area (Å²) in [5.41, 5.74) is 5.26. The zero-order chi connectivity index (χ0) is 28.4. The Hall–Kier alpha value is -2.70. The number of thioether (sulfide) groups is 1. The highest BCUT2D eigenvalue weighted by Crippen LogP contribution is 2.64. The third-order valence-corrected chi connectivity index (χ3v) is 8.08. The van der Waals surface area contributed by atoms with Crippen molar-refractivity contribution in [1.82, 2.24) is 0 Å². The van der Waals surface area contributed by atoms with Gasteiger partial charge in [0.25, 0.3) is 0 Å². The number of hydrogen-bond acceptors (Lipinski definition) is 11. The van der Waals surface area contributed by atoms with Crippen LogP contribution in [0, 0.1) is 48.2 Å². The lowest BCUT2D eigenvalue weighted by atomic mass is 9.81. The normalized spacial score (nSPS) is 27.6. The molecular weight excluding hydrogens is 521 g/mol. The number of carbonyl (C=O) groups is 4. The number of aliphatic hydroxyl groups is 1. The van der Waals surface area contributed by atoms with Crippen LogP contribution in [0.2, 0.25) is 0 Å². The summed E-state index contributed by atoms with van der Waals surface area (Å²) >= 11 is 1.28. The number of halogens is 1. The summed E-state index contributed by atoms with van der Waals surface area (Å²) in [6.07, 6.45) is -1.15. The molecule has 0 aromatic heterocycles. The van der Waals surface area contributed by atoms with Gasteiger partial charge in [0.05, 0.1) is 23.9 Å². The Morgan fingerprint density at radius 2 is 1.61 bits per heavy atom. The summed E-state index contributed by atoms with van der Waals surface area (Å²) in [6, 6.07) is 4.55. The molecule has 3 N–H and O–H groups in total. The Morgan fingerprint density at radius 3 is 2.16 bits per heavy atom. The monoisotopic (exact) mass is 555 g/mol. The van der Waals surface area contributed by atoms with E-state index in [4.69, 9.17) is 24.7 Å². The van der Waals surface area contributed by atoms with Crippen LogP contribution in [0.25, 0.3) is 0 Å². The van der Waals surface area contributed by atoms with E-state index in [1.807, 2.05) is 0 Å². The minimum absolute atomic E-state index is 0.171. The maximum atomic E-state index is 13.7. The van der Waals surface area contributed by atoms with Crippen LogP contribution in [-0.4, -0.2) is 60.0 Å². The number of nitrogens with two attached hydrogens (primary N) is 1. The van der Waals surface area contributed by atoms with Crippen LogP contribution in [0.5, 0.6) is 0 Å². The van der Waals surface area contributed by atoms with Gasteiger partial charge in [-0.05, 0) is 30.7 Å². The second-order valence-corrected chi connectivity index (χ2v) is 11.3. The number of benzene rings is 1. The van der Waals surface area contributed by atoms with Gasteiger partial charge in [0.2, 0.25) is 13.6 Å². The molecular formula is C26H34FNO9S. The summed E-state index contributed by atoms with van der Waals surface area (Å²) in [5, 5.41) is 11.1. The van der Waals surface area contributed by atoms with Crippen molar-refractivity contribution in [3.63, 3.8) is 0 Å². The first-order valence-corrected chi connectivity index (χ1v) is 13.3. The molecule has 0 radical (unpaired) electrons. The fourth-order valence-electron chi connectivity index (χ4n) is 4.73. The van der Waals surface area contributed by atoms with Crippen molar-refractivity contribution < 1.29 is 47.6 Å². The van der Waals surface area contributed by atoms with Gasteiger partial charge in [0, 0.05) is 28.4 Å². The van der Waals surface area contributed by atoms with Crippen molar-refractivity contribution in [2.75, 3.05) is 19.3 Å². The highest BCUT2D eigenvalue weighted by molar-refractivity contribution is 7.99. The first-order chi connectivity index (χ1) is 17.8. The van der Waals surface area contributed by atoms with Crippen LogP contribution >= 0.6 is 11.8 Å². The van der Waals surface area contributed by atoms with Gasteiger partial charge < -0.3 is 29.8 Å². The lowest BCUT2D eigenvalue weighted by Crippen LogP contribution is -2.59. The van der Waals surface area contributed by atoms with Crippen LogP contribution in [0.15, 0.2) is 23.1 Å². The highest BCUT2D eigenvalue weighted by Gasteiger charge is 2.78. The second kappa shape index (κ2) is 12.0. The number of carbonyl (C=O) groups excluding carboxylic acids is 4. The summed E-state index contributed by atoms with van der Waals surface area (Å²) in [7, 11) is 0. The van der Waals surface area contributed by atoms with Gasteiger partial charge in [-0.3, -0.25) is 14.4 Å². The highest BCUT2D eigenvalue weighted by atomic mass is 32.2. The standard InChI is InChI=1S/C26H34FNO9S/c1-12(2)22(30)34-10-36-24(32)19-18-20(19)26(28,25(33)37-11-35-23(31)13(3)4)16(21(18)29)9-38-15-6-7-17(27)14(5)8-15/h6-8,12-13,16,18-21,29H,9-11,28H2,1-5H3/t16-,18+,19+,20+,21-,26+/m1/s1. The van der Waals surface area contributed by atoms with E-state index in [2.05, 4.69) is 0 Å². The van der Waals surface area contributed by atoms with Crippen molar-refractivity contribution in [2.24, 2.45) is 41.2 Å². The second-order valence-electron chi connectivity index (χ2n) is 10.2. The molecule has 2 saturated carbocycles. The van der Waals surface area contributed by atoms with Gasteiger partial charge in [-0.25, -0.2) is 9.18 Å². The van der Waals surface area contributed by atoms with Crippen molar-refractivity contribution in [2.45, 2.75) is 51.2 Å². The zero-order valence-corrected chi connectivity index (χ0v) is 22.8. The van der Waals surface area contributed by atoms with Crippen LogP contribution in [0.1, 0.15) is 33.3 Å². The Kier molecular flexibility index (Phi) is 9.43. The molecule has 3 rings (SSSR count). The molecule has 0 spiro atoms. The Morgan fingerprint density at radius 1 is 1.03 bits per heavy atom. The molecule has 0 unspecified atom stereocenters. The third kappa shape index (κ3) is 6.13. The first kappa shape index (κ1) is 29.9. The molecule has 6 atom stereocenters. The third-order valence-electron chi connectivity index (χ3n) is 6.97. The molecule has 210 valence electrons. The molecule has 0 aliphatic heterocycles. The molecule has 2 fully saturated rings. The van der Waals surface area contributed by atoms with Gasteiger partial charge in [-0.1, -0.05) is 27.7 Å². The lowest BCUT2D eigenvalue weighted by Gasteiger charge is -2.34. The fraction of sp³-hybridized carbons (Fsp3) is 0.615. The van der Waals surface area contributed by atoms with Crippen molar-refractivity contribution in [3.05, 3.63) is 29.6 Å². The van der Waals surface area contributed by atoms with Gasteiger partial charge in [-0.2, -0.15) is 0 Å². The van der Waals surface area contributed by atoms with E-state index >= 15 is 0 Å². The maximum Gasteiger partial charge on any atom is 0.329 e. The number of ether oxygens (including phenoxy) is 4. The predicted octanol–water partition coefficient (Wildman–Crippen LogP) is 2.18. The molecule has 2 aliphatic rings. The first-order valence-electron chi connectivity index (χ1n) is 12.3. The lowest BCUT2D eigenvalue weighted by molar-refractivity contribution is -0.175. The van der Waals surface area contributed by atoms with Crippen LogP contribution in [0.4, 0.5) is 4.39 Å². The van der Waals surface area contributed by atoms with E-state index < -0.39 is 84.6 Å². The SMILES string of the molecule is Cc1cc(SC[C@@H]2[C@@H](O)[C@H]3[C@H](C(=O)OCOC(=O)C(C)C)[C@H]3[C@]2(N)C(=O)OCOC(=O)C(C)C)ccc1F. The van der Waals surface area contributed by atoms with E-state index in [9.17, 15) is 28.7 Å². The van der Waals surface area contributed by atoms with Gasteiger partial charge in [0.15, 0.2) is 0 Å². The van der Waals surface area contributed by atoms with Crippen molar-refractivity contribution in [3.8, 4) is 0 Å². The average Bonchev–Trinajstić information content (AvgIpc) is 3.57. The van der Waals surface area contributed by atoms with Crippen molar-refractivity contribution in [1.29, 1.82) is 0 Å². The number of fused-ring (bicyclic) bond motifs is 1. The van der Waals surface area contributed by atoms with E-state index in [0.29, 0.717) is 10.5 Å². The van der Waals surface area contributed by atoms with Gasteiger partial charge in [0.1, 0.15) is 11.4 Å². The number of aryl methyl sites for hydroxylation is 1. The molecule has 0 heterocycles. The molecule has 2 aliphatic carbocycles. The summed E-state index contributed by atoms with van der Waals surface area (Å²) in [5.74, 6) is -7.06. The van der Waals surface area contributed by atoms with E-state index in [1.165, 1.54) is 17.8 Å². The largest absolute Gasteiger partial charge is 0.428 e. The molecule has 0 bridgehead atoms. The Labute approximate surface area is 224 Å². The van der Waals surface area contributed by atoms with Crippen molar-refractivity contribution >= 4 is 35.6 Å². The molecule has 0 amide bonds. The topological polar surface area (TPSA) is 151 Å². The van der Waals surface area contributed by atoms with E-state index in [1.54, 1.807) is 46.8 Å². The number of aliphatic hydroxyl groups excluding tert-OH is 1. The Balaban J connectivity index is 1.73. The van der Waals surface area contributed by atoms with Gasteiger partial charge >= 0.3 is 23.9 Å². The van der Waals surface area contributed by atoms with Crippen LogP contribution in [-0.2, 0) is 38.1 Å². The summed E-state index contributed by atoms with van der Waals surface area (Å²) in [4.78, 5) is 50.0. The minimum atomic E-state index is -1.80. The van der Waals surface area contributed by atoms with E-state index in [-0.39, 0.29) is 11.6 Å². The van der Waals surface area contributed by atoms with Crippen LogP contribution < -0.4 is 5.73 Å².